The minimum absolute atomic E-state index is 0.114. The molecule has 2 aromatic rings. The van der Waals surface area contributed by atoms with E-state index in [2.05, 4.69) is 10.2 Å². The molecule has 1 aliphatic rings. The first-order valence-electron chi connectivity index (χ1n) is 8.19. The number of hydrogen-bond donors (Lipinski definition) is 1. The summed E-state index contributed by atoms with van der Waals surface area (Å²) in [6, 6.07) is 4.82. The molecule has 1 atom stereocenters. The van der Waals surface area contributed by atoms with Gasteiger partial charge < -0.3 is 9.47 Å². The quantitative estimate of drug-likeness (QED) is 0.879. The summed E-state index contributed by atoms with van der Waals surface area (Å²) in [5.41, 5.74) is 2.07. The van der Waals surface area contributed by atoms with Crippen LogP contribution in [0.25, 0.3) is 0 Å². The number of sulfonamides is 1. The second-order valence-corrected chi connectivity index (χ2v) is 8.09. The van der Waals surface area contributed by atoms with Crippen molar-refractivity contribution >= 4 is 10.0 Å². The van der Waals surface area contributed by atoms with Gasteiger partial charge in [0.05, 0.1) is 20.4 Å². The maximum atomic E-state index is 13.2. The molecule has 0 bridgehead atoms. The van der Waals surface area contributed by atoms with Crippen molar-refractivity contribution in [3.8, 4) is 11.5 Å². The molecule has 1 saturated heterocycles. The molecular weight excluding hydrogens is 342 g/mol. The zero-order chi connectivity index (χ0) is 18.0. The molecule has 0 radical (unpaired) electrons. The highest BCUT2D eigenvalue weighted by Crippen LogP contribution is 2.35. The van der Waals surface area contributed by atoms with E-state index in [0.29, 0.717) is 24.6 Å². The van der Waals surface area contributed by atoms with Crippen LogP contribution in [0.5, 0.6) is 11.5 Å². The second kappa shape index (κ2) is 7.05. The largest absolute Gasteiger partial charge is 0.497 e. The number of nitrogens with zero attached hydrogens (tertiary/aromatic N) is 2. The standard InChI is InChI=1S/C17H23N3O4S/c1-12-10-18-19-17(12)13-5-4-8-20(11-13)25(21,22)16-9-14(23-2)6-7-15(16)24-3/h6-7,9-10,13H,4-5,8,11H2,1-3H3,(H,18,19)/t13-/m0/s1. The minimum Gasteiger partial charge on any atom is -0.497 e. The summed E-state index contributed by atoms with van der Waals surface area (Å²) >= 11 is 0. The second-order valence-electron chi connectivity index (χ2n) is 6.19. The number of aryl methyl sites for hydroxylation is 1. The molecule has 3 rings (SSSR count). The van der Waals surface area contributed by atoms with Gasteiger partial charge in [-0.2, -0.15) is 9.40 Å². The Morgan fingerprint density at radius 1 is 1.28 bits per heavy atom. The van der Waals surface area contributed by atoms with Crippen molar-refractivity contribution < 1.29 is 17.9 Å². The highest BCUT2D eigenvalue weighted by molar-refractivity contribution is 7.89. The van der Waals surface area contributed by atoms with Gasteiger partial charge in [0.15, 0.2) is 0 Å². The van der Waals surface area contributed by atoms with Crippen LogP contribution in [0.2, 0.25) is 0 Å². The summed E-state index contributed by atoms with van der Waals surface area (Å²) in [5.74, 6) is 0.917. The predicted molar refractivity (Wildman–Crippen MR) is 93.6 cm³/mol. The molecule has 1 N–H and O–H groups in total. The molecule has 7 nitrogen and oxygen atoms in total. The Kier molecular flexibility index (Phi) is 5.01. The lowest BCUT2D eigenvalue weighted by Gasteiger charge is -2.32. The van der Waals surface area contributed by atoms with Gasteiger partial charge >= 0.3 is 0 Å². The van der Waals surface area contributed by atoms with Crippen molar-refractivity contribution in [1.82, 2.24) is 14.5 Å². The molecule has 0 amide bonds. The molecule has 25 heavy (non-hydrogen) atoms. The summed E-state index contributed by atoms with van der Waals surface area (Å²) in [5, 5.41) is 7.07. The van der Waals surface area contributed by atoms with Crippen molar-refractivity contribution in [1.29, 1.82) is 0 Å². The average Bonchev–Trinajstić information content (AvgIpc) is 3.07. The lowest BCUT2D eigenvalue weighted by Crippen LogP contribution is -2.39. The van der Waals surface area contributed by atoms with Gasteiger partial charge in [-0.25, -0.2) is 8.42 Å². The monoisotopic (exact) mass is 365 g/mol. The number of hydrogen-bond acceptors (Lipinski definition) is 5. The minimum atomic E-state index is -3.68. The van der Waals surface area contributed by atoms with Crippen molar-refractivity contribution in [2.45, 2.75) is 30.6 Å². The molecule has 1 aromatic carbocycles. The molecule has 0 spiro atoms. The molecule has 8 heteroatoms. The van der Waals surface area contributed by atoms with Gasteiger partial charge in [0.2, 0.25) is 10.0 Å². The third-order valence-corrected chi connectivity index (χ3v) is 6.54. The van der Waals surface area contributed by atoms with Gasteiger partial charge in [-0.3, -0.25) is 5.10 Å². The lowest BCUT2D eigenvalue weighted by molar-refractivity contribution is 0.309. The van der Waals surface area contributed by atoms with Crippen LogP contribution >= 0.6 is 0 Å². The molecule has 2 heterocycles. The van der Waals surface area contributed by atoms with E-state index in [-0.39, 0.29) is 10.8 Å². The first kappa shape index (κ1) is 17.8. The van der Waals surface area contributed by atoms with Crippen LogP contribution < -0.4 is 9.47 Å². The number of nitrogens with one attached hydrogen (secondary N) is 1. The van der Waals surface area contributed by atoms with E-state index in [1.54, 1.807) is 18.3 Å². The first-order valence-corrected chi connectivity index (χ1v) is 9.63. The van der Waals surface area contributed by atoms with E-state index in [1.807, 2.05) is 6.92 Å². The Balaban J connectivity index is 1.93. The number of methoxy groups -OCH3 is 2. The zero-order valence-electron chi connectivity index (χ0n) is 14.7. The number of piperidine rings is 1. The number of ether oxygens (including phenoxy) is 2. The molecule has 0 saturated carbocycles. The highest BCUT2D eigenvalue weighted by atomic mass is 32.2. The van der Waals surface area contributed by atoms with Crippen LogP contribution in [0, 0.1) is 6.92 Å². The van der Waals surface area contributed by atoms with Gasteiger partial charge in [-0.05, 0) is 37.5 Å². The molecule has 0 unspecified atom stereocenters. The number of aromatic amines is 1. The SMILES string of the molecule is COc1ccc(OC)c(S(=O)(=O)N2CCC[C@H](c3[nH]ncc3C)C2)c1. The third kappa shape index (κ3) is 3.36. The Bertz CT molecular complexity index is 847. The van der Waals surface area contributed by atoms with Crippen molar-refractivity contribution in [3.05, 3.63) is 35.7 Å². The summed E-state index contributed by atoms with van der Waals surface area (Å²) in [4.78, 5) is 0.135. The average molecular weight is 365 g/mol. The fourth-order valence-electron chi connectivity index (χ4n) is 3.29. The topological polar surface area (TPSA) is 84.5 Å². The number of rotatable bonds is 5. The van der Waals surface area contributed by atoms with Crippen molar-refractivity contribution in [3.63, 3.8) is 0 Å². The fraction of sp³-hybridized carbons (Fsp3) is 0.471. The van der Waals surface area contributed by atoms with Gasteiger partial charge in [-0.1, -0.05) is 0 Å². The molecule has 136 valence electrons. The Morgan fingerprint density at radius 3 is 2.72 bits per heavy atom. The maximum absolute atomic E-state index is 13.2. The van der Waals surface area contributed by atoms with Crippen LogP contribution in [-0.4, -0.2) is 50.2 Å². The molecule has 1 fully saturated rings. The normalized spacial score (nSPS) is 18.9. The van der Waals surface area contributed by atoms with E-state index >= 15 is 0 Å². The summed E-state index contributed by atoms with van der Waals surface area (Å²) in [6.45, 7) is 2.90. The van der Waals surface area contributed by atoms with E-state index in [1.165, 1.54) is 24.6 Å². The van der Waals surface area contributed by atoms with E-state index in [0.717, 1.165) is 24.1 Å². The molecule has 1 aliphatic heterocycles. The van der Waals surface area contributed by atoms with Crippen LogP contribution in [0.15, 0.2) is 29.3 Å². The maximum Gasteiger partial charge on any atom is 0.246 e. The third-order valence-electron chi connectivity index (χ3n) is 4.65. The Morgan fingerprint density at radius 2 is 2.08 bits per heavy atom. The van der Waals surface area contributed by atoms with Crippen LogP contribution in [0.4, 0.5) is 0 Å². The van der Waals surface area contributed by atoms with Crippen molar-refractivity contribution in [2.75, 3.05) is 27.3 Å². The van der Waals surface area contributed by atoms with Gasteiger partial charge in [0, 0.05) is 30.8 Å². The molecule has 0 aliphatic carbocycles. The fourth-order valence-corrected chi connectivity index (χ4v) is 4.99. The number of benzene rings is 1. The highest BCUT2D eigenvalue weighted by Gasteiger charge is 2.34. The Hall–Kier alpha value is -2.06. The van der Waals surface area contributed by atoms with Crippen molar-refractivity contribution in [2.24, 2.45) is 0 Å². The van der Waals surface area contributed by atoms with Crippen LogP contribution in [0.1, 0.15) is 30.0 Å². The summed E-state index contributed by atoms with van der Waals surface area (Å²) in [7, 11) is -0.704. The van der Waals surface area contributed by atoms with Crippen LogP contribution in [-0.2, 0) is 10.0 Å². The predicted octanol–water partition coefficient (Wildman–Crippen LogP) is 2.30. The number of H-pyrrole nitrogens is 1. The summed E-state index contributed by atoms with van der Waals surface area (Å²) < 4.78 is 38.4. The van der Waals surface area contributed by atoms with Gasteiger partial charge in [0.25, 0.3) is 0 Å². The van der Waals surface area contributed by atoms with Gasteiger partial charge in [-0.15, -0.1) is 0 Å². The first-order chi connectivity index (χ1) is 12.0. The van der Waals surface area contributed by atoms with E-state index in [4.69, 9.17) is 9.47 Å². The summed E-state index contributed by atoms with van der Waals surface area (Å²) in [6.07, 6.45) is 3.51. The molecule has 1 aromatic heterocycles. The van der Waals surface area contributed by atoms with E-state index in [9.17, 15) is 8.42 Å². The zero-order valence-corrected chi connectivity index (χ0v) is 15.5. The van der Waals surface area contributed by atoms with Crippen LogP contribution in [0.3, 0.4) is 0 Å². The lowest BCUT2D eigenvalue weighted by atomic mass is 9.94. The van der Waals surface area contributed by atoms with E-state index < -0.39 is 10.0 Å². The van der Waals surface area contributed by atoms with Gasteiger partial charge in [0.1, 0.15) is 16.4 Å². The number of aromatic nitrogens is 2. The Labute approximate surface area is 148 Å². The molecular formula is C17H23N3O4S. The smallest absolute Gasteiger partial charge is 0.246 e.